The van der Waals surface area contributed by atoms with Gasteiger partial charge >= 0.3 is 12.1 Å². The number of rotatable bonds is 16. The van der Waals surface area contributed by atoms with Crippen LogP contribution in [0.5, 0.6) is 6.01 Å². The van der Waals surface area contributed by atoms with Crippen LogP contribution < -0.4 is 4.74 Å². The van der Waals surface area contributed by atoms with Crippen molar-refractivity contribution in [3.05, 3.63) is 88.0 Å². The van der Waals surface area contributed by atoms with Crippen molar-refractivity contribution in [1.29, 1.82) is 0 Å². The van der Waals surface area contributed by atoms with Crippen LogP contribution >= 0.6 is 0 Å². The topological polar surface area (TPSA) is 196 Å². The van der Waals surface area contributed by atoms with Gasteiger partial charge in [-0.3, -0.25) is 4.57 Å². The number of nitrogens with one attached hydrogen (secondary N) is 1. The number of para-hydroxylation sites is 1. The molecular formula is C34H37N7O9. The van der Waals surface area contributed by atoms with Gasteiger partial charge in [0.2, 0.25) is 5.82 Å². The molecule has 0 amide bonds. The Morgan fingerprint density at radius 1 is 1.00 bits per heavy atom. The molecule has 0 bridgehead atoms. The fourth-order valence-electron chi connectivity index (χ4n) is 5.31. The van der Waals surface area contributed by atoms with Crippen LogP contribution in [-0.2, 0) is 25.6 Å². The first-order valence-corrected chi connectivity index (χ1v) is 16.0. The van der Waals surface area contributed by atoms with Crippen molar-refractivity contribution in [2.75, 3.05) is 13.2 Å². The van der Waals surface area contributed by atoms with E-state index < -0.39 is 29.1 Å². The highest BCUT2D eigenvalue weighted by molar-refractivity contribution is 6.02. The average Bonchev–Trinajstić information content (AvgIpc) is 3.73. The van der Waals surface area contributed by atoms with Crippen LogP contribution in [0.2, 0.25) is 0 Å². The number of esters is 1. The van der Waals surface area contributed by atoms with Crippen molar-refractivity contribution < 1.29 is 38.5 Å². The molecule has 0 aliphatic heterocycles. The summed E-state index contributed by atoms with van der Waals surface area (Å²) in [6.07, 6.45) is -0.216. The summed E-state index contributed by atoms with van der Waals surface area (Å²) in [5.41, 5.74) is 4.85. The van der Waals surface area contributed by atoms with Gasteiger partial charge in [0, 0.05) is 19.4 Å². The van der Waals surface area contributed by atoms with Crippen LogP contribution in [0.15, 0.2) is 66.7 Å². The normalized spacial score (nSPS) is 11.9. The SMILES string of the molecule is CCOc1nc2cccc(C(=O)OC(C)(C)OC(=O)OCCCC[C@@H](C)O[N+](=O)[O-])c2n1Cc1ccc(-c2ccccc2-c2nn[nH]n2)cc1. The van der Waals surface area contributed by atoms with E-state index in [-0.39, 0.29) is 12.2 Å². The van der Waals surface area contributed by atoms with Crippen molar-refractivity contribution in [3.8, 4) is 28.5 Å². The Morgan fingerprint density at radius 2 is 1.76 bits per heavy atom. The van der Waals surface area contributed by atoms with Crippen LogP contribution in [0.4, 0.5) is 4.79 Å². The van der Waals surface area contributed by atoms with E-state index in [1.807, 2.05) is 55.5 Å². The maximum Gasteiger partial charge on any atom is 0.511 e. The van der Waals surface area contributed by atoms with Gasteiger partial charge < -0.3 is 23.8 Å². The van der Waals surface area contributed by atoms with Gasteiger partial charge in [0.1, 0.15) is 6.10 Å². The number of carbonyl (C=O) groups is 2. The van der Waals surface area contributed by atoms with Gasteiger partial charge in [-0.05, 0) is 67.1 Å². The molecule has 0 fully saturated rings. The Labute approximate surface area is 286 Å². The van der Waals surface area contributed by atoms with Crippen molar-refractivity contribution >= 4 is 23.2 Å². The quantitative estimate of drug-likeness (QED) is 0.0408. The first-order chi connectivity index (χ1) is 24.0. The Hall–Kier alpha value is -6.06. The van der Waals surface area contributed by atoms with Crippen molar-refractivity contribution in [2.24, 2.45) is 0 Å². The lowest BCUT2D eigenvalue weighted by Gasteiger charge is -2.24. The number of aromatic nitrogens is 6. The lowest BCUT2D eigenvalue weighted by molar-refractivity contribution is -0.767. The van der Waals surface area contributed by atoms with Gasteiger partial charge in [0.15, 0.2) is 0 Å². The van der Waals surface area contributed by atoms with Gasteiger partial charge in [-0.15, -0.1) is 20.3 Å². The molecule has 5 aromatic rings. The molecule has 2 heterocycles. The molecule has 5 rings (SSSR count). The number of unbranched alkanes of at least 4 members (excludes halogenated alkanes) is 1. The third-order valence-electron chi connectivity index (χ3n) is 7.50. The summed E-state index contributed by atoms with van der Waals surface area (Å²) in [7, 11) is 0. The van der Waals surface area contributed by atoms with Crippen LogP contribution in [0.25, 0.3) is 33.5 Å². The third kappa shape index (κ3) is 8.89. The maximum absolute atomic E-state index is 13.6. The van der Waals surface area contributed by atoms with Gasteiger partial charge in [-0.1, -0.05) is 54.6 Å². The molecule has 262 valence electrons. The van der Waals surface area contributed by atoms with E-state index >= 15 is 0 Å². The number of nitrogens with zero attached hydrogens (tertiary/aromatic N) is 6. The standard InChI is InChI=1S/C34H37N7O9/c1-5-46-32-35-28-15-10-14-27(31(42)48-34(3,4)49-33(43)47-20-9-8-11-22(2)50-41(44)45)29(28)40(32)21-23-16-18-24(19-17-23)25-12-6-7-13-26(25)30-36-38-39-37-30/h6-7,10,12-19,22H,5,8-9,11,20-21H2,1-4H3,(H,36,37,38,39)/t22-/m1/s1. The van der Waals surface area contributed by atoms with Crippen LogP contribution in [0.1, 0.15) is 62.9 Å². The van der Waals surface area contributed by atoms with Gasteiger partial charge in [0.25, 0.3) is 16.9 Å². The average molecular weight is 688 g/mol. The summed E-state index contributed by atoms with van der Waals surface area (Å²) in [6.45, 7) is 6.96. The minimum Gasteiger partial charge on any atom is -0.465 e. The molecular weight excluding hydrogens is 650 g/mol. The second-order valence-corrected chi connectivity index (χ2v) is 11.7. The number of fused-ring (bicyclic) bond motifs is 1. The predicted octanol–water partition coefficient (Wildman–Crippen LogP) is 6.14. The number of hydrogen-bond acceptors (Lipinski definition) is 13. The summed E-state index contributed by atoms with van der Waals surface area (Å²) in [4.78, 5) is 45.4. The molecule has 0 radical (unpaired) electrons. The third-order valence-corrected chi connectivity index (χ3v) is 7.50. The molecule has 0 saturated carbocycles. The molecule has 1 atom stereocenters. The minimum atomic E-state index is -1.67. The lowest BCUT2D eigenvalue weighted by Crippen LogP contribution is -2.34. The second kappa shape index (κ2) is 15.9. The monoisotopic (exact) mass is 687 g/mol. The molecule has 0 unspecified atom stereocenters. The molecule has 16 nitrogen and oxygen atoms in total. The zero-order chi connectivity index (χ0) is 35.7. The Balaban J connectivity index is 1.29. The molecule has 0 aliphatic rings. The largest absolute Gasteiger partial charge is 0.511 e. The molecule has 2 aromatic heterocycles. The van der Waals surface area contributed by atoms with E-state index in [1.165, 1.54) is 13.8 Å². The number of H-pyrrole nitrogens is 1. The Bertz CT molecular complexity index is 1930. The van der Waals surface area contributed by atoms with Crippen molar-refractivity contribution in [3.63, 3.8) is 0 Å². The van der Waals surface area contributed by atoms with Crippen molar-refractivity contribution in [1.82, 2.24) is 30.2 Å². The summed E-state index contributed by atoms with van der Waals surface area (Å²) >= 11 is 0. The fourth-order valence-corrected chi connectivity index (χ4v) is 5.31. The molecule has 0 aliphatic carbocycles. The van der Waals surface area contributed by atoms with Gasteiger partial charge in [-0.25, -0.2) is 9.59 Å². The maximum atomic E-state index is 13.6. The molecule has 1 N–H and O–H groups in total. The molecule has 50 heavy (non-hydrogen) atoms. The zero-order valence-electron chi connectivity index (χ0n) is 28.0. The van der Waals surface area contributed by atoms with E-state index in [9.17, 15) is 19.7 Å². The molecule has 3 aromatic carbocycles. The summed E-state index contributed by atoms with van der Waals surface area (Å²) in [6, 6.07) is 21.1. The van der Waals surface area contributed by atoms with E-state index in [0.29, 0.717) is 55.3 Å². The number of imidazole rings is 1. The van der Waals surface area contributed by atoms with E-state index in [4.69, 9.17) is 18.9 Å². The summed E-state index contributed by atoms with van der Waals surface area (Å²) in [5.74, 6) is -1.93. The number of hydrogen-bond donors (Lipinski definition) is 1. The van der Waals surface area contributed by atoms with E-state index in [1.54, 1.807) is 29.7 Å². The highest BCUT2D eigenvalue weighted by atomic mass is 17.0. The zero-order valence-corrected chi connectivity index (χ0v) is 28.0. The number of ether oxygens (including phenoxy) is 4. The Morgan fingerprint density at radius 3 is 2.46 bits per heavy atom. The Kier molecular flexibility index (Phi) is 11.2. The summed E-state index contributed by atoms with van der Waals surface area (Å²) < 4.78 is 23.7. The molecule has 0 spiro atoms. The summed E-state index contributed by atoms with van der Waals surface area (Å²) in [5, 5.41) is 24.0. The number of carbonyl (C=O) groups excluding carboxylic acids is 2. The van der Waals surface area contributed by atoms with Crippen LogP contribution in [-0.4, -0.2) is 72.5 Å². The van der Waals surface area contributed by atoms with Gasteiger partial charge in [0.05, 0.1) is 36.4 Å². The first-order valence-electron chi connectivity index (χ1n) is 16.0. The van der Waals surface area contributed by atoms with Crippen LogP contribution in [0.3, 0.4) is 0 Å². The number of aromatic amines is 1. The lowest BCUT2D eigenvalue weighted by atomic mass is 9.98. The smallest absolute Gasteiger partial charge is 0.465 e. The van der Waals surface area contributed by atoms with Gasteiger partial charge in [-0.2, -0.15) is 10.2 Å². The predicted molar refractivity (Wildman–Crippen MR) is 178 cm³/mol. The van der Waals surface area contributed by atoms with Crippen molar-refractivity contribution in [2.45, 2.75) is 65.4 Å². The first kappa shape index (κ1) is 35.3. The van der Waals surface area contributed by atoms with E-state index in [0.717, 1.165) is 22.3 Å². The van der Waals surface area contributed by atoms with E-state index in [2.05, 4.69) is 30.4 Å². The number of benzene rings is 3. The molecule has 0 saturated heterocycles. The highest BCUT2D eigenvalue weighted by Crippen LogP contribution is 2.31. The minimum absolute atomic E-state index is 0.0129. The number of tetrazole rings is 1. The highest BCUT2D eigenvalue weighted by Gasteiger charge is 2.31. The fraction of sp³-hybridized carbons (Fsp3) is 0.353. The second-order valence-electron chi connectivity index (χ2n) is 11.7. The van der Waals surface area contributed by atoms with Crippen LogP contribution in [0, 0.1) is 10.1 Å². The molecule has 16 heteroatoms.